The van der Waals surface area contributed by atoms with Crippen molar-refractivity contribution in [3.05, 3.63) is 48.0 Å². The number of fused-ring (bicyclic) bond motifs is 1. The molecule has 4 heteroatoms. The third kappa shape index (κ3) is 2.60. The first-order chi connectivity index (χ1) is 8.22. The Balaban J connectivity index is 2.35. The zero-order valence-corrected chi connectivity index (χ0v) is 9.24. The van der Waals surface area contributed by atoms with E-state index in [1.807, 2.05) is 42.5 Å². The van der Waals surface area contributed by atoms with Gasteiger partial charge in [-0.1, -0.05) is 42.5 Å². The first-order valence-corrected chi connectivity index (χ1v) is 5.43. The maximum Gasteiger partial charge on any atom is 0.255 e. The monoisotopic (exact) mass is 236 g/mol. The summed E-state index contributed by atoms with van der Waals surface area (Å²) in [5.74, 6) is 5.14. The van der Waals surface area contributed by atoms with Gasteiger partial charge in [0, 0.05) is 0 Å². The lowest BCUT2D eigenvalue weighted by Crippen LogP contribution is -2.42. The van der Waals surface area contributed by atoms with Crippen molar-refractivity contribution < 1.29 is 8.78 Å². The van der Waals surface area contributed by atoms with Crippen molar-refractivity contribution in [1.82, 2.24) is 5.43 Å². The second kappa shape index (κ2) is 5.21. The lowest BCUT2D eigenvalue weighted by molar-refractivity contribution is 0.0986. The average molecular weight is 236 g/mol. The second-order valence-electron chi connectivity index (χ2n) is 3.95. The molecule has 2 nitrogen and oxygen atoms in total. The van der Waals surface area contributed by atoms with Crippen LogP contribution >= 0.6 is 0 Å². The fraction of sp³-hybridized carbons (Fsp3) is 0.231. The molecule has 0 heterocycles. The van der Waals surface area contributed by atoms with E-state index in [1.54, 1.807) is 0 Å². The minimum atomic E-state index is -2.47. The highest BCUT2D eigenvalue weighted by molar-refractivity contribution is 5.85. The Kier molecular flexibility index (Phi) is 3.66. The van der Waals surface area contributed by atoms with Gasteiger partial charge in [-0.2, -0.15) is 0 Å². The maximum atomic E-state index is 12.6. The zero-order chi connectivity index (χ0) is 12.3. The number of rotatable bonds is 4. The predicted octanol–water partition coefficient (Wildman–Crippen LogP) is 2.48. The summed E-state index contributed by atoms with van der Waals surface area (Å²) in [7, 11) is 0. The average Bonchev–Trinajstić information content (AvgIpc) is 2.35. The van der Waals surface area contributed by atoms with E-state index in [9.17, 15) is 8.78 Å². The molecule has 0 fully saturated rings. The van der Waals surface area contributed by atoms with E-state index in [0.717, 1.165) is 16.3 Å². The topological polar surface area (TPSA) is 38.0 Å². The Bertz CT molecular complexity index is 494. The Morgan fingerprint density at radius 1 is 1.06 bits per heavy atom. The molecule has 0 radical (unpaired) electrons. The minimum absolute atomic E-state index is 0.218. The number of hydrogen-bond acceptors (Lipinski definition) is 2. The van der Waals surface area contributed by atoms with Crippen LogP contribution in [0.5, 0.6) is 0 Å². The summed E-state index contributed by atoms with van der Waals surface area (Å²) >= 11 is 0. The Hall–Kier alpha value is -1.52. The van der Waals surface area contributed by atoms with Crippen LogP contribution in [0.4, 0.5) is 8.78 Å². The molecule has 1 unspecified atom stereocenters. The summed E-state index contributed by atoms with van der Waals surface area (Å²) in [5, 5.41) is 2.05. The quantitative estimate of drug-likeness (QED) is 0.632. The molecule has 17 heavy (non-hydrogen) atoms. The van der Waals surface area contributed by atoms with Crippen LogP contribution in [0.3, 0.4) is 0 Å². The van der Waals surface area contributed by atoms with Crippen molar-refractivity contribution in [2.45, 2.75) is 18.9 Å². The number of nitrogens with two attached hydrogens (primary N) is 1. The van der Waals surface area contributed by atoms with Crippen molar-refractivity contribution in [2.75, 3.05) is 0 Å². The Morgan fingerprint density at radius 2 is 1.76 bits per heavy atom. The summed E-state index contributed by atoms with van der Waals surface area (Å²) in [6.45, 7) is 0. The molecule has 2 aromatic carbocycles. The third-order valence-corrected chi connectivity index (χ3v) is 2.84. The minimum Gasteiger partial charge on any atom is -0.271 e. The van der Waals surface area contributed by atoms with Gasteiger partial charge in [0.05, 0.1) is 6.04 Å². The van der Waals surface area contributed by atoms with Crippen LogP contribution in [-0.2, 0) is 6.42 Å². The first-order valence-electron chi connectivity index (χ1n) is 5.43. The molecule has 0 saturated heterocycles. The van der Waals surface area contributed by atoms with Gasteiger partial charge >= 0.3 is 0 Å². The molecular weight excluding hydrogens is 222 g/mol. The van der Waals surface area contributed by atoms with E-state index in [-0.39, 0.29) is 6.42 Å². The summed E-state index contributed by atoms with van der Waals surface area (Å²) < 4.78 is 25.3. The van der Waals surface area contributed by atoms with Gasteiger partial charge in [0.2, 0.25) is 0 Å². The smallest absolute Gasteiger partial charge is 0.255 e. The van der Waals surface area contributed by atoms with Gasteiger partial charge in [-0.05, 0) is 22.8 Å². The highest BCUT2D eigenvalue weighted by atomic mass is 19.3. The zero-order valence-electron chi connectivity index (χ0n) is 9.24. The van der Waals surface area contributed by atoms with E-state index in [4.69, 9.17) is 5.84 Å². The summed E-state index contributed by atoms with van der Waals surface area (Å²) in [4.78, 5) is 0. The summed E-state index contributed by atoms with van der Waals surface area (Å²) in [6.07, 6.45) is -2.26. The van der Waals surface area contributed by atoms with Crippen LogP contribution in [0.15, 0.2) is 42.5 Å². The second-order valence-corrected chi connectivity index (χ2v) is 3.95. The van der Waals surface area contributed by atoms with Gasteiger partial charge in [0.1, 0.15) is 0 Å². The summed E-state index contributed by atoms with van der Waals surface area (Å²) in [6, 6.07) is 12.4. The fourth-order valence-corrected chi connectivity index (χ4v) is 1.93. The molecule has 0 amide bonds. The van der Waals surface area contributed by atoms with E-state index in [2.05, 4.69) is 5.43 Å². The maximum absolute atomic E-state index is 12.6. The highest BCUT2D eigenvalue weighted by Crippen LogP contribution is 2.20. The molecule has 90 valence electrons. The van der Waals surface area contributed by atoms with Crippen molar-refractivity contribution in [3.8, 4) is 0 Å². The molecule has 0 aliphatic heterocycles. The van der Waals surface area contributed by atoms with E-state index in [1.165, 1.54) is 0 Å². The standard InChI is InChI=1S/C13H14F2N2/c14-13(15)12(17-16)8-10-6-3-5-9-4-1-2-7-11(9)10/h1-7,12-13,17H,8,16H2. The number of hydrazine groups is 1. The number of hydrogen-bond donors (Lipinski definition) is 2. The Morgan fingerprint density at radius 3 is 2.47 bits per heavy atom. The molecule has 1 atom stereocenters. The highest BCUT2D eigenvalue weighted by Gasteiger charge is 2.19. The number of alkyl halides is 2. The number of halogens is 2. The van der Waals surface area contributed by atoms with Gasteiger partial charge < -0.3 is 0 Å². The van der Waals surface area contributed by atoms with Crippen LogP contribution in [-0.4, -0.2) is 12.5 Å². The largest absolute Gasteiger partial charge is 0.271 e. The predicted molar refractivity (Wildman–Crippen MR) is 64.8 cm³/mol. The SMILES string of the molecule is NNC(Cc1cccc2ccccc12)C(F)F. The normalized spacial score (nSPS) is 13.2. The molecule has 2 aromatic rings. The van der Waals surface area contributed by atoms with E-state index in [0.29, 0.717) is 0 Å². The molecule has 0 aliphatic carbocycles. The molecular formula is C13H14F2N2. The van der Waals surface area contributed by atoms with Crippen LogP contribution < -0.4 is 11.3 Å². The molecule has 0 aromatic heterocycles. The fourth-order valence-electron chi connectivity index (χ4n) is 1.93. The van der Waals surface area contributed by atoms with Gasteiger partial charge in [-0.15, -0.1) is 0 Å². The molecule has 3 N–H and O–H groups in total. The van der Waals surface area contributed by atoms with Crippen molar-refractivity contribution in [1.29, 1.82) is 0 Å². The van der Waals surface area contributed by atoms with Gasteiger partial charge in [-0.25, -0.2) is 8.78 Å². The van der Waals surface area contributed by atoms with Crippen LogP contribution in [0, 0.1) is 0 Å². The van der Waals surface area contributed by atoms with Crippen LogP contribution in [0.1, 0.15) is 5.56 Å². The number of benzene rings is 2. The lowest BCUT2D eigenvalue weighted by Gasteiger charge is -2.16. The lowest BCUT2D eigenvalue weighted by atomic mass is 9.99. The van der Waals surface area contributed by atoms with Crippen LogP contribution in [0.25, 0.3) is 10.8 Å². The van der Waals surface area contributed by atoms with E-state index >= 15 is 0 Å². The molecule has 0 bridgehead atoms. The number of nitrogens with one attached hydrogen (secondary N) is 1. The van der Waals surface area contributed by atoms with E-state index < -0.39 is 12.5 Å². The van der Waals surface area contributed by atoms with Gasteiger partial charge in [-0.3, -0.25) is 11.3 Å². The van der Waals surface area contributed by atoms with Crippen molar-refractivity contribution in [2.24, 2.45) is 5.84 Å². The Labute approximate surface area is 98.4 Å². The van der Waals surface area contributed by atoms with Crippen molar-refractivity contribution >= 4 is 10.8 Å². The van der Waals surface area contributed by atoms with Crippen molar-refractivity contribution in [3.63, 3.8) is 0 Å². The molecule has 0 aliphatic rings. The third-order valence-electron chi connectivity index (χ3n) is 2.84. The molecule has 2 rings (SSSR count). The van der Waals surface area contributed by atoms with Gasteiger partial charge in [0.25, 0.3) is 6.43 Å². The van der Waals surface area contributed by atoms with Gasteiger partial charge in [0.15, 0.2) is 0 Å². The molecule has 0 saturated carbocycles. The first kappa shape index (κ1) is 12.0. The molecule has 0 spiro atoms. The summed E-state index contributed by atoms with van der Waals surface area (Å²) in [5.41, 5.74) is 3.05. The van der Waals surface area contributed by atoms with Crippen LogP contribution in [0.2, 0.25) is 0 Å².